The molecule has 0 unspecified atom stereocenters. The third-order valence-corrected chi connectivity index (χ3v) is 3.93. The maximum Gasteiger partial charge on any atom is 0.355 e. The lowest BCUT2D eigenvalue weighted by atomic mass is 9.97. The topological polar surface area (TPSA) is 152 Å². The Balaban J connectivity index is 2.38. The molecule has 1 heterocycles. The van der Waals surface area contributed by atoms with Crippen LogP contribution in [0.25, 0.3) is 6.08 Å². The van der Waals surface area contributed by atoms with E-state index < -0.39 is 42.5 Å². The minimum Gasteiger partial charge on any atom is -0.508 e. The van der Waals surface area contributed by atoms with E-state index in [1.807, 2.05) is 0 Å². The number of aliphatic hydroxyl groups excluding tert-OH is 4. The van der Waals surface area contributed by atoms with Gasteiger partial charge in [0.05, 0.1) is 6.61 Å². The van der Waals surface area contributed by atoms with Crippen LogP contribution >= 0.6 is 0 Å². The molecule has 0 bridgehead atoms. The van der Waals surface area contributed by atoms with Crippen LogP contribution in [0.2, 0.25) is 0 Å². The van der Waals surface area contributed by atoms with Gasteiger partial charge in [-0.2, -0.15) is 0 Å². The third kappa shape index (κ3) is 5.52. The number of aliphatic hydroxyl groups is 4. The summed E-state index contributed by atoms with van der Waals surface area (Å²) in [5.74, 6) is -0.872. The highest BCUT2D eigenvalue weighted by Crippen LogP contribution is 2.19. The van der Waals surface area contributed by atoms with Crippen LogP contribution in [-0.4, -0.2) is 73.9 Å². The zero-order valence-electron chi connectivity index (χ0n) is 15.9. The normalized spacial score (nSPS) is 25.8. The highest BCUT2D eigenvalue weighted by molar-refractivity contribution is 6.01. The molecule has 1 aliphatic heterocycles. The van der Waals surface area contributed by atoms with Crippen molar-refractivity contribution in [3.8, 4) is 5.75 Å². The minimum absolute atomic E-state index is 0.0545. The standard InChI is InChI=1S/C19H26N2O7/c1-19(2,3)28-18(27)12(8-10-4-6-11(23)7-5-10)20-17-16(26)15(25)14(24)13(9-22)21-17/h4-8,13-16,22-26H,9H2,1-3H3,(H,20,21)/b12-8+/t13-,14-,15+,16-/m1/s1. The zero-order valence-corrected chi connectivity index (χ0v) is 15.9. The van der Waals surface area contributed by atoms with E-state index in [4.69, 9.17) is 4.74 Å². The average Bonchev–Trinajstić information content (AvgIpc) is 2.61. The molecule has 0 spiro atoms. The Labute approximate surface area is 162 Å². The molecule has 28 heavy (non-hydrogen) atoms. The fraction of sp³-hybridized carbons (Fsp3) is 0.474. The number of aliphatic imine (C=N–C) groups is 1. The third-order valence-electron chi connectivity index (χ3n) is 3.93. The molecule has 9 heteroatoms. The highest BCUT2D eigenvalue weighted by Gasteiger charge is 2.39. The van der Waals surface area contributed by atoms with Crippen LogP contribution in [0.3, 0.4) is 0 Å². The van der Waals surface area contributed by atoms with Gasteiger partial charge in [0, 0.05) is 0 Å². The summed E-state index contributed by atoms with van der Waals surface area (Å²) in [6.45, 7) is 4.52. The molecule has 0 amide bonds. The highest BCUT2D eigenvalue weighted by atomic mass is 16.6. The number of benzene rings is 1. The van der Waals surface area contributed by atoms with Crippen LogP contribution in [-0.2, 0) is 9.53 Å². The second-order valence-electron chi connectivity index (χ2n) is 7.47. The number of aromatic hydroxyl groups is 1. The maximum absolute atomic E-state index is 12.6. The van der Waals surface area contributed by atoms with Crippen LogP contribution in [0.5, 0.6) is 5.75 Å². The Hall–Kier alpha value is -2.46. The van der Waals surface area contributed by atoms with Gasteiger partial charge in [0.15, 0.2) is 0 Å². The molecular formula is C19H26N2O7. The van der Waals surface area contributed by atoms with Crippen LogP contribution in [0.15, 0.2) is 35.0 Å². The SMILES string of the molecule is CC(C)(C)OC(=O)/C(=C\c1ccc(O)cc1)NC1=N[C@H](CO)[C@@H](O)[C@H](O)[C@H]1O. The molecule has 0 fully saturated rings. The lowest BCUT2D eigenvalue weighted by molar-refractivity contribution is -0.150. The van der Waals surface area contributed by atoms with Gasteiger partial charge in [-0.25, -0.2) is 4.79 Å². The first kappa shape index (κ1) is 21.8. The molecule has 1 aliphatic rings. The number of carbonyl (C=O) groups is 1. The van der Waals surface area contributed by atoms with Crippen LogP contribution < -0.4 is 5.32 Å². The Bertz CT molecular complexity index is 753. The lowest BCUT2D eigenvalue weighted by Crippen LogP contribution is -2.56. The second-order valence-corrected chi connectivity index (χ2v) is 7.47. The van der Waals surface area contributed by atoms with Crippen molar-refractivity contribution in [2.75, 3.05) is 6.61 Å². The van der Waals surface area contributed by atoms with E-state index in [2.05, 4.69) is 10.3 Å². The first-order chi connectivity index (χ1) is 13.0. The van der Waals surface area contributed by atoms with E-state index in [9.17, 15) is 30.3 Å². The summed E-state index contributed by atoms with van der Waals surface area (Å²) < 4.78 is 5.36. The number of rotatable bonds is 4. The Morgan fingerprint density at radius 3 is 2.32 bits per heavy atom. The van der Waals surface area contributed by atoms with Crippen LogP contribution in [0.4, 0.5) is 0 Å². The van der Waals surface area contributed by atoms with Crippen molar-refractivity contribution in [3.63, 3.8) is 0 Å². The predicted molar refractivity (Wildman–Crippen MR) is 101 cm³/mol. The molecular weight excluding hydrogens is 368 g/mol. The number of carbonyl (C=O) groups excluding carboxylic acids is 1. The van der Waals surface area contributed by atoms with Crippen LogP contribution in [0.1, 0.15) is 26.3 Å². The molecule has 9 nitrogen and oxygen atoms in total. The first-order valence-corrected chi connectivity index (χ1v) is 8.75. The summed E-state index contributed by atoms with van der Waals surface area (Å²) in [5, 5.41) is 51.4. The molecule has 154 valence electrons. The van der Waals surface area contributed by atoms with E-state index in [-0.39, 0.29) is 17.3 Å². The Morgan fingerprint density at radius 2 is 1.79 bits per heavy atom. The quantitative estimate of drug-likeness (QED) is 0.296. The summed E-state index contributed by atoms with van der Waals surface area (Å²) in [6.07, 6.45) is -3.21. The van der Waals surface area contributed by atoms with E-state index in [0.717, 1.165) is 0 Å². The Morgan fingerprint density at radius 1 is 1.18 bits per heavy atom. The summed E-state index contributed by atoms with van der Waals surface area (Å²) in [6, 6.07) is 4.95. The summed E-state index contributed by atoms with van der Waals surface area (Å²) in [7, 11) is 0. The van der Waals surface area contributed by atoms with Crippen molar-refractivity contribution in [1.82, 2.24) is 5.32 Å². The van der Waals surface area contributed by atoms with E-state index in [1.165, 1.54) is 18.2 Å². The number of phenolic OH excluding ortho intramolecular Hbond substituents is 1. The van der Waals surface area contributed by atoms with Gasteiger partial charge in [-0.05, 0) is 44.5 Å². The minimum atomic E-state index is -1.59. The summed E-state index contributed by atoms with van der Waals surface area (Å²) in [4.78, 5) is 16.6. The second kappa shape index (κ2) is 8.70. The van der Waals surface area contributed by atoms with E-state index in [0.29, 0.717) is 5.56 Å². The summed E-state index contributed by atoms with van der Waals surface area (Å²) >= 11 is 0. The molecule has 0 aromatic heterocycles. The first-order valence-electron chi connectivity index (χ1n) is 8.75. The van der Waals surface area contributed by atoms with Gasteiger partial charge >= 0.3 is 5.97 Å². The zero-order chi connectivity index (χ0) is 21.1. The smallest absolute Gasteiger partial charge is 0.355 e. The maximum atomic E-state index is 12.6. The molecule has 1 aromatic carbocycles. The lowest BCUT2D eigenvalue weighted by Gasteiger charge is -2.33. The largest absolute Gasteiger partial charge is 0.508 e. The molecule has 0 saturated heterocycles. The van der Waals surface area contributed by atoms with Gasteiger partial charge in [-0.3, -0.25) is 4.99 Å². The van der Waals surface area contributed by atoms with Crippen molar-refractivity contribution in [2.45, 2.75) is 50.7 Å². The number of ether oxygens (including phenoxy) is 1. The molecule has 2 rings (SSSR count). The van der Waals surface area contributed by atoms with Crippen molar-refractivity contribution in [1.29, 1.82) is 0 Å². The average molecular weight is 394 g/mol. The van der Waals surface area contributed by atoms with Gasteiger partial charge in [0.1, 0.15) is 47.2 Å². The number of nitrogens with zero attached hydrogens (tertiary/aromatic N) is 1. The fourth-order valence-electron chi connectivity index (χ4n) is 2.52. The molecule has 4 atom stereocenters. The van der Waals surface area contributed by atoms with Gasteiger partial charge in [0.25, 0.3) is 0 Å². The predicted octanol–water partition coefficient (Wildman–Crippen LogP) is -0.480. The number of amidine groups is 1. The molecule has 0 aliphatic carbocycles. The van der Waals surface area contributed by atoms with E-state index >= 15 is 0 Å². The molecule has 6 N–H and O–H groups in total. The van der Waals surface area contributed by atoms with Gasteiger partial charge in [0.2, 0.25) is 0 Å². The van der Waals surface area contributed by atoms with Crippen molar-refractivity contribution in [2.24, 2.45) is 4.99 Å². The number of hydrogen-bond acceptors (Lipinski definition) is 9. The fourth-order valence-corrected chi connectivity index (χ4v) is 2.52. The van der Waals surface area contributed by atoms with Gasteiger partial charge in [-0.1, -0.05) is 12.1 Å². The van der Waals surface area contributed by atoms with E-state index in [1.54, 1.807) is 32.9 Å². The number of esters is 1. The van der Waals surface area contributed by atoms with Crippen molar-refractivity contribution >= 4 is 17.9 Å². The number of phenols is 1. The van der Waals surface area contributed by atoms with Crippen molar-refractivity contribution < 1.29 is 35.1 Å². The Kier molecular flexibility index (Phi) is 6.78. The number of hydrogen-bond donors (Lipinski definition) is 6. The monoisotopic (exact) mass is 394 g/mol. The molecule has 0 radical (unpaired) electrons. The van der Waals surface area contributed by atoms with Crippen LogP contribution in [0, 0.1) is 0 Å². The molecule has 0 saturated carbocycles. The molecule has 1 aromatic rings. The number of nitrogens with one attached hydrogen (secondary N) is 1. The van der Waals surface area contributed by atoms with Gasteiger partial charge < -0.3 is 35.6 Å². The summed E-state index contributed by atoms with van der Waals surface area (Å²) in [5.41, 5.74) is -0.321. The van der Waals surface area contributed by atoms with Crippen molar-refractivity contribution in [3.05, 3.63) is 35.5 Å². The van der Waals surface area contributed by atoms with Gasteiger partial charge in [-0.15, -0.1) is 0 Å².